The molecule has 0 spiro atoms. The highest BCUT2D eigenvalue weighted by Gasteiger charge is 2.15. The summed E-state index contributed by atoms with van der Waals surface area (Å²) in [6.07, 6.45) is 2.50. The normalized spacial score (nSPS) is 12.5. The standard InChI is InChI=1S/C16H18ClNO2/c1-10(2)20-13-7-12(8-18-9-13)16(19)14-5-4-11(3)6-15(14)17/h4-10,16,19H,1-3H3. The molecule has 2 aromatic rings. The zero-order valence-corrected chi connectivity index (χ0v) is 12.6. The molecule has 1 N–H and O–H groups in total. The first-order valence-corrected chi connectivity index (χ1v) is 6.91. The van der Waals surface area contributed by atoms with Gasteiger partial charge in [-0.1, -0.05) is 23.7 Å². The van der Waals surface area contributed by atoms with Crippen LogP contribution in [0.25, 0.3) is 0 Å². The minimum Gasteiger partial charge on any atom is -0.489 e. The molecule has 0 saturated carbocycles. The van der Waals surface area contributed by atoms with Crippen LogP contribution in [0.4, 0.5) is 0 Å². The molecule has 1 atom stereocenters. The number of rotatable bonds is 4. The van der Waals surface area contributed by atoms with Crippen LogP contribution in [-0.2, 0) is 0 Å². The predicted octanol–water partition coefficient (Wildman–Crippen LogP) is 3.91. The molecule has 4 heteroatoms. The number of ether oxygens (including phenoxy) is 1. The van der Waals surface area contributed by atoms with Crippen molar-refractivity contribution < 1.29 is 9.84 Å². The largest absolute Gasteiger partial charge is 0.489 e. The monoisotopic (exact) mass is 291 g/mol. The summed E-state index contributed by atoms with van der Waals surface area (Å²) >= 11 is 6.19. The highest BCUT2D eigenvalue weighted by molar-refractivity contribution is 6.31. The topological polar surface area (TPSA) is 42.4 Å². The van der Waals surface area contributed by atoms with Crippen molar-refractivity contribution in [1.29, 1.82) is 0 Å². The third-order valence-corrected chi connectivity index (χ3v) is 3.20. The minimum absolute atomic E-state index is 0.0622. The van der Waals surface area contributed by atoms with Crippen LogP contribution >= 0.6 is 11.6 Å². The molecule has 0 aliphatic rings. The van der Waals surface area contributed by atoms with Gasteiger partial charge in [0, 0.05) is 22.3 Å². The molecule has 1 aromatic carbocycles. The first kappa shape index (κ1) is 14.8. The summed E-state index contributed by atoms with van der Waals surface area (Å²) in [6.45, 7) is 5.85. The molecule has 106 valence electrons. The molecule has 0 amide bonds. The number of aliphatic hydroxyl groups is 1. The molecule has 0 aliphatic carbocycles. The third-order valence-electron chi connectivity index (χ3n) is 2.87. The molecule has 0 aliphatic heterocycles. The van der Waals surface area contributed by atoms with E-state index in [1.165, 1.54) is 0 Å². The highest BCUT2D eigenvalue weighted by atomic mass is 35.5. The SMILES string of the molecule is Cc1ccc(C(O)c2cncc(OC(C)C)c2)c(Cl)c1. The van der Waals surface area contributed by atoms with E-state index < -0.39 is 6.10 Å². The lowest BCUT2D eigenvalue weighted by molar-refractivity contribution is 0.215. The van der Waals surface area contributed by atoms with E-state index in [4.69, 9.17) is 16.3 Å². The summed E-state index contributed by atoms with van der Waals surface area (Å²) < 4.78 is 5.58. The molecule has 1 aromatic heterocycles. The zero-order chi connectivity index (χ0) is 14.7. The smallest absolute Gasteiger partial charge is 0.138 e. The van der Waals surface area contributed by atoms with Gasteiger partial charge in [0.05, 0.1) is 12.3 Å². The van der Waals surface area contributed by atoms with Crippen molar-refractivity contribution in [3.05, 3.63) is 58.4 Å². The number of halogens is 1. The lowest BCUT2D eigenvalue weighted by atomic mass is 10.0. The molecule has 0 fully saturated rings. The van der Waals surface area contributed by atoms with Crippen molar-refractivity contribution in [3.8, 4) is 5.75 Å². The van der Waals surface area contributed by atoms with Gasteiger partial charge >= 0.3 is 0 Å². The van der Waals surface area contributed by atoms with Crippen molar-refractivity contribution in [3.63, 3.8) is 0 Å². The fraction of sp³-hybridized carbons (Fsp3) is 0.312. The summed E-state index contributed by atoms with van der Waals surface area (Å²) in [5.74, 6) is 0.639. The summed E-state index contributed by atoms with van der Waals surface area (Å²) in [5.41, 5.74) is 2.38. The van der Waals surface area contributed by atoms with Gasteiger partial charge in [-0.3, -0.25) is 4.98 Å². The van der Waals surface area contributed by atoms with Crippen LogP contribution in [0.3, 0.4) is 0 Å². The van der Waals surface area contributed by atoms with Crippen molar-refractivity contribution in [1.82, 2.24) is 4.98 Å². The van der Waals surface area contributed by atoms with Gasteiger partial charge in [0.15, 0.2) is 0 Å². The maximum atomic E-state index is 10.4. The van der Waals surface area contributed by atoms with Gasteiger partial charge in [0.25, 0.3) is 0 Å². The Hall–Kier alpha value is -1.58. The lowest BCUT2D eigenvalue weighted by Gasteiger charge is -2.15. The quantitative estimate of drug-likeness (QED) is 0.928. The van der Waals surface area contributed by atoms with E-state index in [1.807, 2.05) is 39.0 Å². The van der Waals surface area contributed by atoms with Gasteiger partial charge in [0.2, 0.25) is 0 Å². The fourth-order valence-corrected chi connectivity index (χ4v) is 2.29. The maximum Gasteiger partial charge on any atom is 0.138 e. The number of nitrogens with zero attached hydrogens (tertiary/aromatic N) is 1. The molecular weight excluding hydrogens is 274 g/mol. The van der Waals surface area contributed by atoms with Crippen LogP contribution in [0.15, 0.2) is 36.7 Å². The summed E-state index contributed by atoms with van der Waals surface area (Å²) in [5, 5.41) is 11.0. The van der Waals surface area contributed by atoms with E-state index >= 15 is 0 Å². The second-order valence-corrected chi connectivity index (χ2v) is 5.46. The average Bonchev–Trinajstić information content (AvgIpc) is 2.37. The molecule has 0 bridgehead atoms. The summed E-state index contributed by atoms with van der Waals surface area (Å²) in [4.78, 5) is 4.10. The van der Waals surface area contributed by atoms with Crippen molar-refractivity contribution in [2.45, 2.75) is 33.0 Å². The second-order valence-electron chi connectivity index (χ2n) is 5.05. The van der Waals surface area contributed by atoms with E-state index in [9.17, 15) is 5.11 Å². The molecule has 1 unspecified atom stereocenters. The summed E-state index contributed by atoms with van der Waals surface area (Å²) in [6, 6.07) is 7.38. The molecule has 0 radical (unpaired) electrons. The zero-order valence-electron chi connectivity index (χ0n) is 11.8. The Labute approximate surface area is 124 Å². The van der Waals surface area contributed by atoms with E-state index in [1.54, 1.807) is 18.5 Å². The molecule has 20 heavy (non-hydrogen) atoms. The number of hydrogen-bond acceptors (Lipinski definition) is 3. The first-order valence-electron chi connectivity index (χ1n) is 6.53. The van der Waals surface area contributed by atoms with Crippen LogP contribution < -0.4 is 4.74 Å². The Morgan fingerprint density at radius 2 is 1.95 bits per heavy atom. The van der Waals surface area contributed by atoms with Crippen LogP contribution in [0.1, 0.15) is 36.6 Å². The van der Waals surface area contributed by atoms with Crippen LogP contribution in [0.5, 0.6) is 5.75 Å². The number of aliphatic hydroxyl groups excluding tert-OH is 1. The maximum absolute atomic E-state index is 10.4. The third kappa shape index (κ3) is 3.50. The molecule has 1 heterocycles. The Bertz CT molecular complexity index is 599. The number of hydrogen-bond donors (Lipinski definition) is 1. The van der Waals surface area contributed by atoms with Gasteiger partial charge in [0.1, 0.15) is 11.9 Å². The number of benzene rings is 1. The van der Waals surface area contributed by atoms with E-state index in [-0.39, 0.29) is 6.10 Å². The molecule has 3 nitrogen and oxygen atoms in total. The number of pyridine rings is 1. The fourth-order valence-electron chi connectivity index (χ4n) is 1.96. The van der Waals surface area contributed by atoms with E-state index in [0.717, 1.165) is 5.56 Å². The van der Waals surface area contributed by atoms with Crippen molar-refractivity contribution in [2.24, 2.45) is 0 Å². The Balaban J connectivity index is 2.30. The molecular formula is C16H18ClNO2. The lowest BCUT2D eigenvalue weighted by Crippen LogP contribution is -2.07. The summed E-state index contributed by atoms with van der Waals surface area (Å²) in [7, 11) is 0. The minimum atomic E-state index is -0.814. The number of aryl methyl sites for hydroxylation is 1. The Kier molecular flexibility index (Phi) is 4.63. The Morgan fingerprint density at radius 1 is 1.20 bits per heavy atom. The van der Waals surface area contributed by atoms with Gasteiger partial charge in [-0.15, -0.1) is 0 Å². The van der Waals surface area contributed by atoms with Crippen LogP contribution in [0.2, 0.25) is 5.02 Å². The van der Waals surface area contributed by atoms with Gasteiger partial charge in [-0.2, -0.15) is 0 Å². The van der Waals surface area contributed by atoms with Crippen molar-refractivity contribution >= 4 is 11.6 Å². The first-order chi connectivity index (χ1) is 9.47. The highest BCUT2D eigenvalue weighted by Crippen LogP contribution is 2.30. The molecule has 0 saturated heterocycles. The predicted molar refractivity (Wildman–Crippen MR) is 80.3 cm³/mol. The second kappa shape index (κ2) is 6.25. The molecule has 2 rings (SSSR count). The van der Waals surface area contributed by atoms with Crippen molar-refractivity contribution in [2.75, 3.05) is 0 Å². The van der Waals surface area contributed by atoms with E-state index in [0.29, 0.717) is 21.9 Å². The number of aromatic nitrogens is 1. The Morgan fingerprint density at radius 3 is 2.60 bits per heavy atom. The van der Waals surface area contributed by atoms with E-state index in [2.05, 4.69) is 4.98 Å². The van der Waals surface area contributed by atoms with Gasteiger partial charge in [-0.25, -0.2) is 0 Å². The van der Waals surface area contributed by atoms with Gasteiger partial charge in [-0.05, 0) is 38.5 Å². The average molecular weight is 292 g/mol. The van der Waals surface area contributed by atoms with Crippen LogP contribution in [0, 0.1) is 6.92 Å². The van der Waals surface area contributed by atoms with Crippen LogP contribution in [-0.4, -0.2) is 16.2 Å². The van der Waals surface area contributed by atoms with Gasteiger partial charge < -0.3 is 9.84 Å².